The highest BCUT2D eigenvalue weighted by atomic mass is 14.3. The van der Waals surface area contributed by atoms with E-state index in [9.17, 15) is 0 Å². The first-order chi connectivity index (χ1) is 20.8. The number of benzene rings is 8. The highest BCUT2D eigenvalue weighted by Gasteiger charge is 2.23. The number of hydrogen-bond donors (Lipinski definition) is 0. The van der Waals surface area contributed by atoms with Crippen molar-refractivity contribution in [2.24, 2.45) is 0 Å². The Kier molecular flexibility index (Phi) is 5.00. The Morgan fingerprint density at radius 3 is 1.38 bits per heavy atom. The fourth-order valence-corrected chi connectivity index (χ4v) is 7.07. The molecule has 8 aromatic carbocycles. The van der Waals surface area contributed by atoms with Crippen LogP contribution in [-0.4, -0.2) is 0 Å². The maximum absolute atomic E-state index is 2.45. The van der Waals surface area contributed by atoms with Crippen LogP contribution < -0.4 is 0 Å². The van der Waals surface area contributed by atoms with Crippen molar-refractivity contribution in [3.8, 4) is 55.6 Å². The van der Waals surface area contributed by atoms with Crippen LogP contribution in [-0.2, 0) is 0 Å². The summed E-state index contributed by atoms with van der Waals surface area (Å²) in [6.45, 7) is 0. The molecule has 0 fully saturated rings. The summed E-state index contributed by atoms with van der Waals surface area (Å²) in [7, 11) is 0. The molecule has 194 valence electrons. The second-order valence-corrected chi connectivity index (χ2v) is 11.3. The van der Waals surface area contributed by atoms with Crippen molar-refractivity contribution in [2.75, 3.05) is 0 Å². The van der Waals surface area contributed by atoms with Gasteiger partial charge in [-0.25, -0.2) is 0 Å². The van der Waals surface area contributed by atoms with Gasteiger partial charge in [0.15, 0.2) is 0 Å². The minimum absolute atomic E-state index is 1.23. The molecule has 0 heterocycles. The first-order valence-corrected chi connectivity index (χ1v) is 14.6. The second-order valence-electron chi connectivity index (χ2n) is 11.3. The molecule has 1 aliphatic rings. The average Bonchev–Trinajstić information content (AvgIpc) is 3.39. The summed E-state index contributed by atoms with van der Waals surface area (Å²) in [6.07, 6.45) is 0. The maximum atomic E-state index is 2.45. The van der Waals surface area contributed by atoms with Crippen LogP contribution in [0, 0.1) is 0 Å². The van der Waals surface area contributed by atoms with E-state index < -0.39 is 0 Å². The summed E-state index contributed by atoms with van der Waals surface area (Å²) in [5.41, 5.74) is 12.8. The third-order valence-corrected chi connectivity index (χ3v) is 8.96. The molecule has 0 heteroatoms. The highest BCUT2D eigenvalue weighted by Crippen LogP contribution is 2.51. The minimum atomic E-state index is 1.23. The smallest absolute Gasteiger partial charge is 0.00199 e. The molecule has 0 atom stereocenters. The Morgan fingerprint density at radius 1 is 0.214 bits per heavy atom. The number of fused-ring (bicyclic) bond motifs is 7. The Balaban J connectivity index is 1.39. The monoisotopic (exact) mass is 530 g/mol. The summed E-state index contributed by atoms with van der Waals surface area (Å²) in [4.78, 5) is 0. The highest BCUT2D eigenvalue weighted by molar-refractivity contribution is 6.28. The van der Waals surface area contributed by atoms with Crippen molar-refractivity contribution in [2.45, 2.75) is 0 Å². The zero-order valence-electron chi connectivity index (χ0n) is 23.0. The second kappa shape index (κ2) is 9.03. The van der Waals surface area contributed by atoms with Gasteiger partial charge in [0.25, 0.3) is 0 Å². The van der Waals surface area contributed by atoms with E-state index in [2.05, 4.69) is 158 Å². The van der Waals surface area contributed by atoms with Crippen molar-refractivity contribution < 1.29 is 0 Å². The van der Waals surface area contributed by atoms with Gasteiger partial charge in [-0.15, -0.1) is 0 Å². The maximum Gasteiger partial charge on any atom is -0.00199 e. The van der Waals surface area contributed by atoms with Crippen LogP contribution in [0.4, 0.5) is 0 Å². The largest absolute Gasteiger partial charge is 0.0622 e. The van der Waals surface area contributed by atoms with E-state index in [1.807, 2.05) is 0 Å². The molecule has 1 aliphatic carbocycles. The van der Waals surface area contributed by atoms with Gasteiger partial charge in [-0.3, -0.25) is 0 Å². The van der Waals surface area contributed by atoms with E-state index in [0.29, 0.717) is 0 Å². The Labute approximate surface area is 245 Å². The van der Waals surface area contributed by atoms with Gasteiger partial charge in [0, 0.05) is 0 Å². The quantitative estimate of drug-likeness (QED) is 0.199. The third-order valence-electron chi connectivity index (χ3n) is 8.96. The standard InChI is InChI=1S/C42H26/c1-3-12-27(13-4-1)29-22-30(28-14-5-2-6-15-28)24-31(23-29)38-25-40-37-21-11-20-36-32-16-7-10-19-35(32)41(42(36)37)26-39(40)34-18-9-8-17-33(34)38/h1-26H. The van der Waals surface area contributed by atoms with Gasteiger partial charge in [0.2, 0.25) is 0 Å². The van der Waals surface area contributed by atoms with Crippen molar-refractivity contribution in [1.82, 2.24) is 0 Å². The summed E-state index contributed by atoms with van der Waals surface area (Å²) < 4.78 is 0. The Bertz CT molecular complexity index is 2270. The van der Waals surface area contributed by atoms with Gasteiger partial charge in [-0.05, 0) is 118 Å². The van der Waals surface area contributed by atoms with Crippen molar-refractivity contribution >= 4 is 32.3 Å². The lowest BCUT2D eigenvalue weighted by Gasteiger charge is -2.16. The van der Waals surface area contributed by atoms with Gasteiger partial charge < -0.3 is 0 Å². The summed E-state index contributed by atoms with van der Waals surface area (Å²) in [5, 5.41) is 7.89. The van der Waals surface area contributed by atoms with Crippen LogP contribution in [0.15, 0.2) is 158 Å². The predicted octanol–water partition coefficient (Wildman–Crippen LogP) is 11.8. The molecule has 8 aromatic rings. The van der Waals surface area contributed by atoms with Gasteiger partial charge in [-0.2, -0.15) is 0 Å². The Hall–Kier alpha value is -5.46. The minimum Gasteiger partial charge on any atom is -0.0622 e. The summed E-state index contributed by atoms with van der Waals surface area (Å²) >= 11 is 0. The fourth-order valence-electron chi connectivity index (χ4n) is 7.07. The predicted molar refractivity (Wildman–Crippen MR) is 180 cm³/mol. The number of rotatable bonds is 3. The molecule has 0 radical (unpaired) electrons. The van der Waals surface area contributed by atoms with Gasteiger partial charge in [-0.1, -0.05) is 127 Å². The van der Waals surface area contributed by atoms with E-state index in [1.165, 1.54) is 88.0 Å². The van der Waals surface area contributed by atoms with E-state index in [0.717, 1.165) is 0 Å². The molecule has 0 aromatic heterocycles. The molecule has 0 aliphatic heterocycles. The van der Waals surface area contributed by atoms with Crippen LogP contribution >= 0.6 is 0 Å². The SMILES string of the molecule is c1ccc(-c2cc(-c3ccccc3)cc(-c3cc4c5cccc6c5c(cc4c4ccccc34)-c3ccccc3-6)c2)cc1. The lowest BCUT2D eigenvalue weighted by Crippen LogP contribution is -1.90. The van der Waals surface area contributed by atoms with Crippen LogP contribution in [0.5, 0.6) is 0 Å². The molecule has 42 heavy (non-hydrogen) atoms. The van der Waals surface area contributed by atoms with E-state index in [-0.39, 0.29) is 0 Å². The molecule has 0 unspecified atom stereocenters. The molecular weight excluding hydrogens is 504 g/mol. The third kappa shape index (κ3) is 3.42. The number of hydrogen-bond acceptors (Lipinski definition) is 0. The van der Waals surface area contributed by atoms with E-state index in [4.69, 9.17) is 0 Å². The fraction of sp³-hybridized carbons (Fsp3) is 0. The normalized spacial score (nSPS) is 11.8. The van der Waals surface area contributed by atoms with Crippen LogP contribution in [0.2, 0.25) is 0 Å². The molecule has 0 saturated heterocycles. The molecule has 0 amide bonds. The molecule has 0 N–H and O–H groups in total. The van der Waals surface area contributed by atoms with Crippen LogP contribution in [0.1, 0.15) is 0 Å². The first kappa shape index (κ1) is 23.3. The molecule has 0 spiro atoms. The van der Waals surface area contributed by atoms with Gasteiger partial charge >= 0.3 is 0 Å². The zero-order chi connectivity index (χ0) is 27.6. The molecular formula is C42H26. The topological polar surface area (TPSA) is 0 Å². The lowest BCUT2D eigenvalue weighted by molar-refractivity contribution is 1.58. The molecule has 9 rings (SSSR count). The molecule has 0 bridgehead atoms. The van der Waals surface area contributed by atoms with Crippen molar-refractivity contribution in [3.05, 3.63) is 158 Å². The van der Waals surface area contributed by atoms with Gasteiger partial charge in [0.1, 0.15) is 0 Å². The van der Waals surface area contributed by atoms with Crippen molar-refractivity contribution in [3.63, 3.8) is 0 Å². The Morgan fingerprint density at radius 2 is 0.690 bits per heavy atom. The zero-order valence-corrected chi connectivity index (χ0v) is 23.0. The lowest BCUT2D eigenvalue weighted by atomic mass is 9.87. The van der Waals surface area contributed by atoms with Crippen molar-refractivity contribution in [1.29, 1.82) is 0 Å². The average molecular weight is 531 g/mol. The first-order valence-electron chi connectivity index (χ1n) is 14.6. The molecule has 0 saturated carbocycles. The van der Waals surface area contributed by atoms with E-state index >= 15 is 0 Å². The van der Waals surface area contributed by atoms with Crippen LogP contribution in [0.25, 0.3) is 88.0 Å². The summed E-state index contributed by atoms with van der Waals surface area (Å²) in [5.74, 6) is 0. The summed E-state index contributed by atoms with van der Waals surface area (Å²) in [6, 6.07) is 58.0. The van der Waals surface area contributed by atoms with Crippen LogP contribution in [0.3, 0.4) is 0 Å². The van der Waals surface area contributed by atoms with Gasteiger partial charge in [0.05, 0.1) is 0 Å². The molecule has 0 nitrogen and oxygen atoms in total. The van der Waals surface area contributed by atoms with E-state index in [1.54, 1.807) is 0 Å².